The van der Waals surface area contributed by atoms with E-state index in [1.807, 2.05) is 18.2 Å². The molecule has 0 fully saturated rings. The fraction of sp³-hybridized carbons (Fsp3) is 0.333. The van der Waals surface area contributed by atoms with Crippen LogP contribution in [0.5, 0.6) is 0 Å². The first-order chi connectivity index (χ1) is 8.25. The molecule has 1 unspecified atom stereocenters. The Labute approximate surface area is 100 Å². The maximum Gasteiger partial charge on any atom is 0.315 e. The number of nitrogens with one attached hydrogen (secondary N) is 1. The van der Waals surface area contributed by atoms with Gasteiger partial charge in [0.2, 0.25) is 5.89 Å². The number of nitrogens with zero attached hydrogens (tertiary/aromatic N) is 2. The molecule has 2 rings (SSSR count). The molecule has 0 spiro atoms. The van der Waals surface area contributed by atoms with Gasteiger partial charge in [0.25, 0.3) is 0 Å². The van der Waals surface area contributed by atoms with Crippen LogP contribution in [0.15, 0.2) is 34.7 Å². The number of nitrogens with two attached hydrogens (primary N) is 1. The summed E-state index contributed by atoms with van der Waals surface area (Å²) < 4.78 is 5.32. The van der Waals surface area contributed by atoms with Gasteiger partial charge < -0.3 is 15.5 Å². The zero-order chi connectivity index (χ0) is 12.1. The van der Waals surface area contributed by atoms with Crippen molar-refractivity contribution in [3.63, 3.8) is 0 Å². The SMILES string of the molecule is CC(N)c1nnc(NCCc2ccccc2)o1. The van der Waals surface area contributed by atoms with E-state index in [1.54, 1.807) is 6.92 Å². The second-order valence-corrected chi connectivity index (χ2v) is 3.90. The number of benzene rings is 1. The van der Waals surface area contributed by atoms with E-state index in [0.717, 1.165) is 13.0 Å². The Morgan fingerprint density at radius 3 is 2.71 bits per heavy atom. The minimum Gasteiger partial charge on any atom is -0.406 e. The van der Waals surface area contributed by atoms with Crippen molar-refractivity contribution in [1.29, 1.82) is 0 Å². The Morgan fingerprint density at radius 1 is 1.29 bits per heavy atom. The minimum atomic E-state index is -0.229. The van der Waals surface area contributed by atoms with Crippen LogP contribution < -0.4 is 11.1 Å². The molecule has 0 aliphatic carbocycles. The summed E-state index contributed by atoms with van der Waals surface area (Å²) in [4.78, 5) is 0. The standard InChI is InChI=1S/C12H16N4O/c1-9(13)11-15-16-12(17-11)14-8-7-10-5-3-2-4-6-10/h2-6,9H,7-8,13H2,1H3,(H,14,16). The van der Waals surface area contributed by atoms with Crippen LogP contribution in [0.25, 0.3) is 0 Å². The van der Waals surface area contributed by atoms with Gasteiger partial charge in [0.15, 0.2) is 0 Å². The number of hydrogen-bond donors (Lipinski definition) is 2. The van der Waals surface area contributed by atoms with Gasteiger partial charge in [-0.3, -0.25) is 0 Å². The third-order valence-electron chi connectivity index (χ3n) is 2.36. The summed E-state index contributed by atoms with van der Waals surface area (Å²) in [5.74, 6) is 0.451. The van der Waals surface area contributed by atoms with E-state index in [-0.39, 0.29) is 6.04 Å². The molecule has 0 aliphatic rings. The van der Waals surface area contributed by atoms with Gasteiger partial charge in [0.1, 0.15) is 0 Å². The lowest BCUT2D eigenvalue weighted by atomic mass is 10.1. The molecule has 5 heteroatoms. The van der Waals surface area contributed by atoms with Crippen molar-refractivity contribution < 1.29 is 4.42 Å². The summed E-state index contributed by atoms with van der Waals surface area (Å²) in [6, 6.07) is 10.4. The molecule has 17 heavy (non-hydrogen) atoms. The highest BCUT2D eigenvalue weighted by atomic mass is 16.4. The summed E-state index contributed by atoms with van der Waals surface area (Å²) in [6.07, 6.45) is 0.913. The van der Waals surface area contributed by atoms with E-state index in [4.69, 9.17) is 10.2 Å². The largest absolute Gasteiger partial charge is 0.406 e. The van der Waals surface area contributed by atoms with E-state index in [9.17, 15) is 0 Å². The van der Waals surface area contributed by atoms with Gasteiger partial charge in [-0.2, -0.15) is 0 Å². The molecule has 1 aromatic carbocycles. The first-order valence-corrected chi connectivity index (χ1v) is 5.62. The normalized spacial score (nSPS) is 12.4. The Kier molecular flexibility index (Phi) is 3.72. The van der Waals surface area contributed by atoms with Crippen LogP contribution in [0.4, 0.5) is 6.01 Å². The Balaban J connectivity index is 1.82. The van der Waals surface area contributed by atoms with Gasteiger partial charge in [0.05, 0.1) is 6.04 Å². The zero-order valence-corrected chi connectivity index (χ0v) is 9.76. The van der Waals surface area contributed by atoms with Crippen molar-refractivity contribution in [1.82, 2.24) is 10.2 Å². The fourth-order valence-electron chi connectivity index (χ4n) is 1.45. The van der Waals surface area contributed by atoms with Crippen molar-refractivity contribution in [2.75, 3.05) is 11.9 Å². The summed E-state index contributed by atoms with van der Waals surface area (Å²) in [5, 5.41) is 10.8. The average molecular weight is 232 g/mol. The van der Waals surface area contributed by atoms with E-state index < -0.39 is 0 Å². The minimum absolute atomic E-state index is 0.229. The van der Waals surface area contributed by atoms with E-state index in [2.05, 4.69) is 27.6 Å². The summed E-state index contributed by atoms with van der Waals surface area (Å²) in [5.41, 5.74) is 6.89. The van der Waals surface area contributed by atoms with Crippen LogP contribution in [0.2, 0.25) is 0 Å². The van der Waals surface area contributed by atoms with Gasteiger partial charge in [0, 0.05) is 6.54 Å². The lowest BCUT2D eigenvalue weighted by molar-refractivity contribution is 0.473. The van der Waals surface area contributed by atoms with E-state index in [0.29, 0.717) is 11.9 Å². The number of hydrogen-bond acceptors (Lipinski definition) is 5. The molecule has 1 atom stereocenters. The quantitative estimate of drug-likeness (QED) is 0.821. The highest BCUT2D eigenvalue weighted by molar-refractivity contribution is 5.20. The monoisotopic (exact) mass is 232 g/mol. The molecule has 0 radical (unpaired) electrons. The molecule has 3 N–H and O–H groups in total. The van der Waals surface area contributed by atoms with Gasteiger partial charge >= 0.3 is 6.01 Å². The van der Waals surface area contributed by atoms with Crippen molar-refractivity contribution in [3.05, 3.63) is 41.8 Å². The zero-order valence-electron chi connectivity index (χ0n) is 9.76. The molecular weight excluding hydrogens is 216 g/mol. The average Bonchev–Trinajstić information content (AvgIpc) is 2.79. The topological polar surface area (TPSA) is 77.0 Å². The van der Waals surface area contributed by atoms with Crippen LogP contribution in [-0.4, -0.2) is 16.7 Å². The van der Waals surface area contributed by atoms with E-state index in [1.165, 1.54) is 5.56 Å². The molecule has 2 aromatic rings. The number of rotatable bonds is 5. The molecule has 0 bridgehead atoms. The van der Waals surface area contributed by atoms with Crippen LogP contribution >= 0.6 is 0 Å². The molecule has 0 amide bonds. The van der Waals surface area contributed by atoms with Crippen LogP contribution in [0.3, 0.4) is 0 Å². The third kappa shape index (κ3) is 3.29. The van der Waals surface area contributed by atoms with Crippen LogP contribution in [-0.2, 0) is 6.42 Å². The Bertz CT molecular complexity index is 453. The maximum atomic E-state index is 5.62. The number of anilines is 1. The molecule has 0 saturated heterocycles. The second-order valence-electron chi connectivity index (χ2n) is 3.90. The third-order valence-corrected chi connectivity index (χ3v) is 2.36. The van der Waals surface area contributed by atoms with Gasteiger partial charge in [-0.25, -0.2) is 0 Å². The molecule has 0 saturated carbocycles. The molecule has 1 aromatic heterocycles. The number of aromatic nitrogens is 2. The van der Waals surface area contributed by atoms with Crippen LogP contribution in [0.1, 0.15) is 24.4 Å². The predicted octanol–water partition coefficient (Wildman–Crippen LogP) is 1.74. The molecule has 5 nitrogen and oxygen atoms in total. The summed E-state index contributed by atoms with van der Waals surface area (Å²) in [6.45, 7) is 2.56. The van der Waals surface area contributed by atoms with Crippen molar-refractivity contribution in [2.45, 2.75) is 19.4 Å². The van der Waals surface area contributed by atoms with Gasteiger partial charge in [-0.1, -0.05) is 35.4 Å². The van der Waals surface area contributed by atoms with Crippen molar-refractivity contribution >= 4 is 6.01 Å². The first-order valence-electron chi connectivity index (χ1n) is 5.62. The Morgan fingerprint density at radius 2 is 2.06 bits per heavy atom. The highest BCUT2D eigenvalue weighted by Gasteiger charge is 2.08. The maximum absolute atomic E-state index is 5.62. The lowest BCUT2D eigenvalue weighted by Gasteiger charge is -2.01. The molecular formula is C12H16N4O. The lowest BCUT2D eigenvalue weighted by Crippen LogP contribution is -2.05. The second kappa shape index (κ2) is 5.45. The highest BCUT2D eigenvalue weighted by Crippen LogP contribution is 2.11. The van der Waals surface area contributed by atoms with Gasteiger partial charge in [-0.15, -0.1) is 5.10 Å². The molecule has 0 aliphatic heterocycles. The van der Waals surface area contributed by atoms with Crippen molar-refractivity contribution in [3.8, 4) is 0 Å². The van der Waals surface area contributed by atoms with Crippen molar-refractivity contribution in [2.24, 2.45) is 5.73 Å². The fourth-order valence-corrected chi connectivity index (χ4v) is 1.45. The van der Waals surface area contributed by atoms with Gasteiger partial charge in [-0.05, 0) is 18.9 Å². The summed E-state index contributed by atoms with van der Waals surface area (Å²) in [7, 11) is 0. The van der Waals surface area contributed by atoms with E-state index >= 15 is 0 Å². The smallest absolute Gasteiger partial charge is 0.315 e. The predicted molar refractivity (Wildman–Crippen MR) is 65.5 cm³/mol. The summed E-state index contributed by atoms with van der Waals surface area (Å²) >= 11 is 0. The molecule has 1 heterocycles. The first kappa shape index (κ1) is 11.6. The Hall–Kier alpha value is -1.88. The van der Waals surface area contributed by atoms with Crippen LogP contribution in [0, 0.1) is 0 Å². The molecule has 90 valence electrons.